The Balaban J connectivity index is 1.70. The second-order valence-corrected chi connectivity index (χ2v) is 6.71. The molecule has 5 heteroatoms. The Morgan fingerprint density at radius 3 is 2.63 bits per heavy atom. The summed E-state index contributed by atoms with van der Waals surface area (Å²) in [4.78, 5) is 12.5. The Bertz CT molecular complexity index is 900. The molecule has 5 nitrogen and oxygen atoms in total. The molecule has 0 aliphatic heterocycles. The van der Waals surface area contributed by atoms with Crippen LogP contribution in [0.15, 0.2) is 60.9 Å². The quantitative estimate of drug-likeness (QED) is 0.670. The van der Waals surface area contributed by atoms with Crippen LogP contribution >= 0.6 is 0 Å². The zero-order valence-electron chi connectivity index (χ0n) is 15.7. The highest BCUT2D eigenvalue weighted by Crippen LogP contribution is 2.24. The van der Waals surface area contributed by atoms with Crippen LogP contribution in [0.3, 0.4) is 0 Å². The number of amides is 1. The van der Waals surface area contributed by atoms with Crippen LogP contribution in [0.1, 0.15) is 47.4 Å². The summed E-state index contributed by atoms with van der Waals surface area (Å²) in [5, 5.41) is 17.1. The predicted molar refractivity (Wildman–Crippen MR) is 106 cm³/mol. The van der Waals surface area contributed by atoms with Crippen molar-refractivity contribution in [2.75, 3.05) is 0 Å². The third-order valence-corrected chi connectivity index (χ3v) is 4.53. The molecule has 0 bridgehead atoms. The number of hydrogen-bond donors (Lipinski definition) is 2. The molecule has 0 saturated heterocycles. The van der Waals surface area contributed by atoms with Crippen molar-refractivity contribution >= 4 is 5.91 Å². The average Bonchev–Trinajstić information content (AvgIpc) is 3.12. The van der Waals surface area contributed by atoms with E-state index in [1.807, 2.05) is 55.7 Å². The minimum absolute atomic E-state index is 0.115. The van der Waals surface area contributed by atoms with Gasteiger partial charge in [0.15, 0.2) is 0 Å². The van der Waals surface area contributed by atoms with Gasteiger partial charge in [0, 0.05) is 30.9 Å². The summed E-state index contributed by atoms with van der Waals surface area (Å²) in [6.07, 6.45) is 4.90. The maximum absolute atomic E-state index is 12.5. The minimum Gasteiger partial charge on any atom is -0.388 e. The number of nitrogens with one attached hydrogen (secondary N) is 1. The van der Waals surface area contributed by atoms with Gasteiger partial charge in [0.25, 0.3) is 5.91 Å². The normalized spacial score (nSPS) is 12.0. The van der Waals surface area contributed by atoms with Crippen molar-refractivity contribution in [1.29, 1.82) is 0 Å². The van der Waals surface area contributed by atoms with Gasteiger partial charge >= 0.3 is 0 Å². The molecule has 0 spiro atoms. The molecule has 0 saturated carbocycles. The molecule has 140 valence electrons. The number of benzene rings is 2. The van der Waals surface area contributed by atoms with E-state index in [9.17, 15) is 9.90 Å². The van der Waals surface area contributed by atoms with Crippen molar-refractivity contribution in [3.8, 4) is 11.1 Å². The maximum Gasteiger partial charge on any atom is 0.251 e. The fraction of sp³-hybridized carbons (Fsp3) is 0.273. The van der Waals surface area contributed by atoms with E-state index in [1.54, 1.807) is 16.9 Å². The molecule has 0 aliphatic carbocycles. The number of aliphatic hydroxyl groups excluding tert-OH is 1. The summed E-state index contributed by atoms with van der Waals surface area (Å²) >= 11 is 0. The molecule has 0 aliphatic rings. The van der Waals surface area contributed by atoms with E-state index in [-0.39, 0.29) is 5.91 Å². The lowest BCUT2D eigenvalue weighted by Gasteiger charge is -2.11. The number of aryl methyl sites for hydroxylation is 1. The van der Waals surface area contributed by atoms with Gasteiger partial charge in [-0.05, 0) is 35.2 Å². The third kappa shape index (κ3) is 4.83. The Morgan fingerprint density at radius 1 is 1.19 bits per heavy atom. The standard InChI is InChI=1S/C22H25N3O2/c1-3-5-21(26)18-10-8-17(9-11-18)19-6-4-7-20(12-19)22(27)23-13-16-14-24-25(2)15-16/h4,6-12,14-15,21,26H,3,5,13H2,1-2H3,(H,23,27)/t21-/m0/s1. The second kappa shape index (κ2) is 8.64. The molecule has 1 atom stereocenters. The van der Waals surface area contributed by atoms with Gasteiger partial charge in [-0.3, -0.25) is 9.48 Å². The van der Waals surface area contributed by atoms with Crippen LogP contribution in [-0.4, -0.2) is 20.8 Å². The van der Waals surface area contributed by atoms with Crippen molar-refractivity contribution in [2.24, 2.45) is 7.05 Å². The van der Waals surface area contributed by atoms with E-state index in [0.717, 1.165) is 35.1 Å². The van der Waals surface area contributed by atoms with Crippen molar-refractivity contribution in [2.45, 2.75) is 32.4 Å². The van der Waals surface area contributed by atoms with Crippen LogP contribution in [0.5, 0.6) is 0 Å². The van der Waals surface area contributed by atoms with E-state index in [2.05, 4.69) is 17.3 Å². The second-order valence-electron chi connectivity index (χ2n) is 6.71. The number of aromatic nitrogens is 2. The molecule has 27 heavy (non-hydrogen) atoms. The molecule has 1 amide bonds. The topological polar surface area (TPSA) is 67.2 Å². The SMILES string of the molecule is CCC[C@H](O)c1ccc(-c2cccc(C(=O)NCc3cnn(C)c3)c2)cc1. The highest BCUT2D eigenvalue weighted by molar-refractivity contribution is 5.95. The molecular weight excluding hydrogens is 338 g/mol. The summed E-state index contributed by atoms with van der Waals surface area (Å²) in [6, 6.07) is 15.4. The van der Waals surface area contributed by atoms with Crippen LogP contribution in [0, 0.1) is 0 Å². The Hall–Kier alpha value is -2.92. The van der Waals surface area contributed by atoms with Gasteiger partial charge in [-0.1, -0.05) is 49.7 Å². The summed E-state index contributed by atoms with van der Waals surface area (Å²) < 4.78 is 1.71. The average molecular weight is 363 g/mol. The van der Waals surface area contributed by atoms with Crippen molar-refractivity contribution in [1.82, 2.24) is 15.1 Å². The molecule has 0 radical (unpaired) electrons. The van der Waals surface area contributed by atoms with Gasteiger partial charge in [-0.15, -0.1) is 0 Å². The Morgan fingerprint density at radius 2 is 1.96 bits per heavy atom. The first kappa shape index (κ1) is 18.9. The molecule has 3 aromatic rings. The van der Waals surface area contributed by atoms with Gasteiger partial charge in [-0.2, -0.15) is 5.10 Å². The first-order valence-corrected chi connectivity index (χ1v) is 9.21. The van der Waals surface area contributed by atoms with E-state index in [1.165, 1.54) is 0 Å². The minimum atomic E-state index is -0.423. The van der Waals surface area contributed by atoms with Crippen LogP contribution in [0.4, 0.5) is 0 Å². The summed E-state index contributed by atoms with van der Waals surface area (Å²) in [7, 11) is 1.85. The summed E-state index contributed by atoms with van der Waals surface area (Å²) in [5.41, 5.74) is 4.49. The highest BCUT2D eigenvalue weighted by atomic mass is 16.3. The Kier molecular flexibility index (Phi) is 6.04. The van der Waals surface area contributed by atoms with Crippen LogP contribution in [0.2, 0.25) is 0 Å². The number of carbonyl (C=O) groups excluding carboxylic acids is 1. The number of aliphatic hydroxyl groups is 1. The maximum atomic E-state index is 12.5. The first-order chi connectivity index (χ1) is 13.1. The molecular formula is C22H25N3O2. The van der Waals surface area contributed by atoms with Crippen molar-refractivity contribution in [3.05, 3.63) is 77.6 Å². The van der Waals surface area contributed by atoms with Crippen LogP contribution < -0.4 is 5.32 Å². The fourth-order valence-electron chi connectivity index (χ4n) is 3.03. The molecule has 1 heterocycles. The molecule has 2 N–H and O–H groups in total. The fourth-order valence-corrected chi connectivity index (χ4v) is 3.03. The van der Waals surface area contributed by atoms with E-state index in [0.29, 0.717) is 12.1 Å². The first-order valence-electron chi connectivity index (χ1n) is 9.21. The lowest BCUT2D eigenvalue weighted by atomic mass is 9.99. The molecule has 0 unspecified atom stereocenters. The van der Waals surface area contributed by atoms with E-state index >= 15 is 0 Å². The number of hydrogen-bond acceptors (Lipinski definition) is 3. The Labute approximate surface area is 159 Å². The predicted octanol–water partition coefficient (Wildman–Crippen LogP) is 3.85. The molecule has 3 rings (SSSR count). The summed E-state index contributed by atoms with van der Waals surface area (Å²) in [6.45, 7) is 2.50. The highest BCUT2D eigenvalue weighted by Gasteiger charge is 2.09. The van der Waals surface area contributed by atoms with Gasteiger partial charge < -0.3 is 10.4 Å². The van der Waals surface area contributed by atoms with Crippen molar-refractivity contribution < 1.29 is 9.90 Å². The van der Waals surface area contributed by atoms with Crippen LogP contribution in [0.25, 0.3) is 11.1 Å². The van der Waals surface area contributed by atoms with Gasteiger partial charge in [0.2, 0.25) is 0 Å². The lowest BCUT2D eigenvalue weighted by molar-refractivity contribution is 0.0951. The van der Waals surface area contributed by atoms with Gasteiger partial charge in [0.05, 0.1) is 12.3 Å². The van der Waals surface area contributed by atoms with Crippen molar-refractivity contribution in [3.63, 3.8) is 0 Å². The zero-order valence-corrected chi connectivity index (χ0v) is 15.7. The molecule has 0 fully saturated rings. The zero-order chi connectivity index (χ0) is 19.2. The molecule has 1 aromatic heterocycles. The van der Waals surface area contributed by atoms with E-state index in [4.69, 9.17) is 0 Å². The number of carbonyl (C=O) groups is 1. The summed E-state index contributed by atoms with van der Waals surface area (Å²) in [5.74, 6) is -0.115. The number of nitrogens with zero attached hydrogens (tertiary/aromatic N) is 2. The van der Waals surface area contributed by atoms with E-state index < -0.39 is 6.10 Å². The largest absolute Gasteiger partial charge is 0.388 e. The van der Waals surface area contributed by atoms with Crippen LogP contribution in [-0.2, 0) is 13.6 Å². The van der Waals surface area contributed by atoms with Gasteiger partial charge in [-0.25, -0.2) is 0 Å². The monoisotopic (exact) mass is 363 g/mol. The smallest absolute Gasteiger partial charge is 0.251 e. The number of rotatable bonds is 7. The third-order valence-electron chi connectivity index (χ3n) is 4.53. The van der Waals surface area contributed by atoms with Gasteiger partial charge in [0.1, 0.15) is 0 Å². The molecule has 2 aromatic carbocycles. The lowest BCUT2D eigenvalue weighted by Crippen LogP contribution is -2.22.